The van der Waals surface area contributed by atoms with E-state index in [-0.39, 0.29) is 12.1 Å². The number of rotatable bonds is 3. The Hall–Kier alpha value is -1.32. The molecule has 4 heteroatoms. The molecule has 0 aromatic heterocycles. The standard InChI is InChI=1S/C13H21NO3/c1-5-6-10-7-8-11(9-15)14(10)12(16)17-13(2,3)4/h5,9-11H,1,6-8H2,2-4H3. The van der Waals surface area contributed by atoms with Crippen LogP contribution in [0.5, 0.6) is 0 Å². The second kappa shape index (κ2) is 5.34. The molecule has 1 saturated heterocycles. The van der Waals surface area contributed by atoms with Gasteiger partial charge in [0.2, 0.25) is 0 Å². The molecule has 1 aliphatic rings. The first-order valence-electron chi connectivity index (χ1n) is 5.96. The minimum absolute atomic E-state index is 0.0394. The van der Waals surface area contributed by atoms with Crippen LogP contribution in [0.2, 0.25) is 0 Å². The molecule has 1 aliphatic heterocycles. The molecule has 1 fully saturated rings. The summed E-state index contributed by atoms with van der Waals surface area (Å²) in [7, 11) is 0. The van der Waals surface area contributed by atoms with Gasteiger partial charge in [-0.1, -0.05) is 6.08 Å². The van der Waals surface area contributed by atoms with E-state index in [4.69, 9.17) is 4.74 Å². The van der Waals surface area contributed by atoms with Crippen LogP contribution in [0, 0.1) is 0 Å². The van der Waals surface area contributed by atoms with E-state index in [1.807, 2.05) is 20.8 Å². The van der Waals surface area contributed by atoms with Crippen LogP contribution in [0.25, 0.3) is 0 Å². The molecule has 0 aliphatic carbocycles. The van der Waals surface area contributed by atoms with Crippen LogP contribution in [0.3, 0.4) is 0 Å². The smallest absolute Gasteiger partial charge is 0.411 e. The molecule has 2 atom stereocenters. The van der Waals surface area contributed by atoms with Crippen molar-refractivity contribution in [2.75, 3.05) is 0 Å². The zero-order valence-electron chi connectivity index (χ0n) is 10.8. The largest absolute Gasteiger partial charge is 0.444 e. The van der Waals surface area contributed by atoms with Gasteiger partial charge in [-0.05, 0) is 40.0 Å². The molecular weight excluding hydrogens is 218 g/mol. The minimum Gasteiger partial charge on any atom is -0.444 e. The molecular formula is C13H21NO3. The fourth-order valence-corrected chi connectivity index (χ4v) is 2.07. The molecule has 0 spiro atoms. The highest BCUT2D eigenvalue weighted by Gasteiger charge is 2.38. The van der Waals surface area contributed by atoms with Crippen LogP contribution < -0.4 is 0 Å². The number of hydrogen-bond donors (Lipinski definition) is 0. The molecule has 2 unspecified atom stereocenters. The van der Waals surface area contributed by atoms with E-state index in [0.29, 0.717) is 12.8 Å². The van der Waals surface area contributed by atoms with Crippen molar-refractivity contribution in [3.05, 3.63) is 12.7 Å². The summed E-state index contributed by atoms with van der Waals surface area (Å²) in [4.78, 5) is 24.5. The maximum atomic E-state index is 12.0. The molecule has 17 heavy (non-hydrogen) atoms. The second-order valence-electron chi connectivity index (χ2n) is 5.35. The Kier molecular flexibility index (Phi) is 4.32. The van der Waals surface area contributed by atoms with E-state index in [9.17, 15) is 9.59 Å². The Balaban J connectivity index is 2.77. The molecule has 1 rings (SSSR count). The topological polar surface area (TPSA) is 46.6 Å². The van der Waals surface area contributed by atoms with Crippen molar-refractivity contribution < 1.29 is 14.3 Å². The van der Waals surface area contributed by atoms with Crippen molar-refractivity contribution in [1.82, 2.24) is 4.90 Å². The lowest BCUT2D eigenvalue weighted by Crippen LogP contribution is -2.44. The molecule has 0 aromatic carbocycles. The van der Waals surface area contributed by atoms with Gasteiger partial charge in [-0.2, -0.15) is 0 Å². The number of aldehydes is 1. The maximum absolute atomic E-state index is 12.0. The highest BCUT2D eigenvalue weighted by molar-refractivity contribution is 5.75. The molecule has 1 heterocycles. The van der Waals surface area contributed by atoms with Crippen LogP contribution in [-0.4, -0.2) is 35.0 Å². The summed E-state index contributed by atoms with van der Waals surface area (Å²) in [6.07, 6.45) is 4.43. The molecule has 4 nitrogen and oxygen atoms in total. The predicted molar refractivity (Wildman–Crippen MR) is 65.8 cm³/mol. The summed E-state index contributed by atoms with van der Waals surface area (Å²) in [5.41, 5.74) is -0.536. The third-order valence-corrected chi connectivity index (χ3v) is 2.75. The lowest BCUT2D eigenvalue weighted by Gasteiger charge is -2.30. The Bertz CT molecular complexity index is 306. The van der Waals surface area contributed by atoms with E-state index in [1.54, 1.807) is 11.0 Å². The molecule has 0 aromatic rings. The molecule has 0 N–H and O–H groups in total. The van der Waals surface area contributed by atoms with Crippen LogP contribution in [0.1, 0.15) is 40.0 Å². The SMILES string of the molecule is C=CCC1CCC(C=O)N1C(=O)OC(C)(C)C. The molecule has 0 radical (unpaired) electrons. The van der Waals surface area contributed by atoms with Gasteiger partial charge in [-0.3, -0.25) is 4.90 Å². The quantitative estimate of drug-likeness (QED) is 0.561. The number of hydrogen-bond acceptors (Lipinski definition) is 3. The third kappa shape index (κ3) is 3.58. The van der Waals surface area contributed by atoms with Crippen molar-refractivity contribution in [1.29, 1.82) is 0 Å². The average Bonchev–Trinajstić information content (AvgIpc) is 2.58. The van der Waals surface area contributed by atoms with Crippen molar-refractivity contribution >= 4 is 12.4 Å². The van der Waals surface area contributed by atoms with E-state index in [1.165, 1.54) is 0 Å². The zero-order valence-corrected chi connectivity index (χ0v) is 10.8. The van der Waals surface area contributed by atoms with Gasteiger partial charge in [0.15, 0.2) is 0 Å². The van der Waals surface area contributed by atoms with Crippen molar-refractivity contribution in [3.8, 4) is 0 Å². The number of likely N-dealkylation sites (tertiary alicyclic amines) is 1. The average molecular weight is 239 g/mol. The first-order chi connectivity index (χ1) is 7.89. The lowest BCUT2D eigenvalue weighted by molar-refractivity contribution is -0.112. The monoisotopic (exact) mass is 239 g/mol. The molecule has 0 bridgehead atoms. The normalized spacial score (nSPS) is 24.5. The number of amides is 1. The van der Waals surface area contributed by atoms with Gasteiger partial charge in [-0.25, -0.2) is 4.79 Å². The van der Waals surface area contributed by atoms with E-state index in [0.717, 1.165) is 12.7 Å². The second-order valence-corrected chi connectivity index (χ2v) is 5.35. The van der Waals surface area contributed by atoms with Gasteiger partial charge < -0.3 is 9.53 Å². The maximum Gasteiger partial charge on any atom is 0.411 e. The summed E-state index contributed by atoms with van der Waals surface area (Å²) in [5, 5.41) is 0. The van der Waals surface area contributed by atoms with Gasteiger partial charge in [0.1, 0.15) is 11.9 Å². The fraction of sp³-hybridized carbons (Fsp3) is 0.692. The van der Waals surface area contributed by atoms with Crippen LogP contribution in [-0.2, 0) is 9.53 Å². The summed E-state index contributed by atoms with van der Waals surface area (Å²) in [6.45, 7) is 9.13. The van der Waals surface area contributed by atoms with Crippen molar-refractivity contribution in [3.63, 3.8) is 0 Å². The minimum atomic E-state index is -0.536. The van der Waals surface area contributed by atoms with Gasteiger partial charge in [0.25, 0.3) is 0 Å². The molecule has 0 saturated carbocycles. The van der Waals surface area contributed by atoms with Gasteiger partial charge in [-0.15, -0.1) is 6.58 Å². The Morgan fingerprint density at radius 3 is 2.59 bits per heavy atom. The zero-order chi connectivity index (χ0) is 13.1. The third-order valence-electron chi connectivity index (χ3n) is 2.75. The Morgan fingerprint density at radius 2 is 2.12 bits per heavy atom. The summed E-state index contributed by atoms with van der Waals surface area (Å²) < 4.78 is 5.32. The van der Waals surface area contributed by atoms with Crippen LogP contribution in [0.4, 0.5) is 4.79 Å². The summed E-state index contributed by atoms with van der Waals surface area (Å²) >= 11 is 0. The predicted octanol–water partition coefficient (Wildman–Crippen LogP) is 2.53. The number of nitrogens with zero attached hydrogens (tertiary/aromatic N) is 1. The lowest BCUT2D eigenvalue weighted by atomic mass is 10.1. The van der Waals surface area contributed by atoms with Gasteiger partial charge in [0, 0.05) is 6.04 Å². The Morgan fingerprint density at radius 1 is 1.47 bits per heavy atom. The number of carbonyl (C=O) groups excluding carboxylic acids is 2. The van der Waals surface area contributed by atoms with Gasteiger partial charge >= 0.3 is 6.09 Å². The first-order valence-corrected chi connectivity index (χ1v) is 5.96. The van der Waals surface area contributed by atoms with E-state index in [2.05, 4.69) is 6.58 Å². The fourth-order valence-electron chi connectivity index (χ4n) is 2.07. The molecule has 96 valence electrons. The number of ether oxygens (including phenoxy) is 1. The van der Waals surface area contributed by atoms with Crippen molar-refractivity contribution in [2.45, 2.75) is 57.7 Å². The van der Waals surface area contributed by atoms with E-state index < -0.39 is 11.7 Å². The Labute approximate surface area is 103 Å². The van der Waals surface area contributed by atoms with Crippen LogP contribution >= 0.6 is 0 Å². The highest BCUT2D eigenvalue weighted by Crippen LogP contribution is 2.27. The van der Waals surface area contributed by atoms with Crippen LogP contribution in [0.15, 0.2) is 12.7 Å². The highest BCUT2D eigenvalue weighted by atomic mass is 16.6. The summed E-state index contributed by atoms with van der Waals surface area (Å²) in [5.74, 6) is 0. The number of carbonyl (C=O) groups is 2. The van der Waals surface area contributed by atoms with Gasteiger partial charge in [0.05, 0.1) is 6.04 Å². The summed E-state index contributed by atoms with van der Waals surface area (Å²) in [6, 6.07) is -0.313. The molecule has 1 amide bonds. The van der Waals surface area contributed by atoms with E-state index >= 15 is 0 Å². The first kappa shape index (κ1) is 13.7. The van der Waals surface area contributed by atoms with Crippen molar-refractivity contribution in [2.24, 2.45) is 0 Å².